The monoisotopic (exact) mass is 268 g/mol. The predicted octanol–water partition coefficient (Wildman–Crippen LogP) is 2.94. The molecule has 1 amide bonds. The smallest absolute Gasteiger partial charge is 0.415 e. The molecule has 4 nitrogen and oxygen atoms in total. The maximum absolute atomic E-state index is 12.0. The minimum atomic E-state index is -0.566. The predicted molar refractivity (Wildman–Crippen MR) is 76.1 cm³/mol. The lowest BCUT2D eigenvalue weighted by atomic mass is 10.2. The van der Waals surface area contributed by atoms with Crippen molar-refractivity contribution in [3.05, 3.63) is 66.2 Å². The molecule has 0 heterocycles. The molecule has 0 saturated carbocycles. The lowest BCUT2D eigenvalue weighted by Crippen LogP contribution is -2.33. The second-order valence-corrected chi connectivity index (χ2v) is 4.11. The molecule has 0 aliphatic rings. The molecule has 0 aliphatic carbocycles. The highest BCUT2D eigenvalue weighted by molar-refractivity contribution is 5.90. The minimum Gasteiger partial charge on any atom is -0.444 e. The van der Waals surface area contributed by atoms with Crippen molar-refractivity contribution < 1.29 is 14.3 Å². The molecule has 0 N–H and O–H groups in total. The van der Waals surface area contributed by atoms with Gasteiger partial charge in [-0.05, 0) is 17.7 Å². The molecule has 0 atom stereocenters. The van der Waals surface area contributed by atoms with Crippen LogP contribution < -0.4 is 4.90 Å². The van der Waals surface area contributed by atoms with Gasteiger partial charge in [0.2, 0.25) is 6.29 Å². The highest BCUT2D eigenvalue weighted by Crippen LogP contribution is 2.14. The van der Waals surface area contributed by atoms with Crippen molar-refractivity contribution in [3.63, 3.8) is 0 Å². The van der Waals surface area contributed by atoms with Crippen LogP contribution in [0.15, 0.2) is 60.7 Å². The van der Waals surface area contributed by atoms with E-state index in [0.29, 0.717) is 5.69 Å². The largest absolute Gasteiger partial charge is 0.444 e. The van der Waals surface area contributed by atoms with Gasteiger partial charge in [-0.25, -0.2) is 4.79 Å². The first kappa shape index (κ1) is 13.8. The first-order valence-corrected chi connectivity index (χ1v) is 6.19. The Balaban J connectivity index is 2.02. The Hall–Kier alpha value is -2.62. The average molecular weight is 268 g/mol. The van der Waals surface area contributed by atoms with E-state index in [0.717, 1.165) is 5.56 Å². The summed E-state index contributed by atoms with van der Waals surface area (Å²) in [5.41, 5.74) is 1.50. The fourth-order valence-electron chi connectivity index (χ4n) is 1.73. The molecule has 0 aromatic heterocycles. The summed E-state index contributed by atoms with van der Waals surface area (Å²) in [4.78, 5) is 23.9. The van der Waals surface area contributed by atoms with Gasteiger partial charge < -0.3 is 4.74 Å². The second kappa shape index (κ2) is 7.09. The number of ether oxygens (including phenoxy) is 1. The first-order chi connectivity index (χ1) is 9.81. The molecule has 0 bridgehead atoms. The Morgan fingerprint density at radius 1 is 1.00 bits per heavy atom. The molecule has 0 aliphatic heterocycles. The summed E-state index contributed by atoms with van der Waals surface area (Å²) in [5, 5.41) is 0. The number of amides is 1. The zero-order valence-electron chi connectivity index (χ0n) is 10.9. The fourth-order valence-corrected chi connectivity index (χ4v) is 1.73. The molecule has 101 valence electrons. The summed E-state index contributed by atoms with van der Waals surface area (Å²) in [6, 6.07) is 18.3. The van der Waals surface area contributed by atoms with Gasteiger partial charge in [0.25, 0.3) is 0 Å². The van der Waals surface area contributed by atoms with Crippen molar-refractivity contribution in [2.24, 2.45) is 0 Å². The van der Waals surface area contributed by atoms with Gasteiger partial charge >= 0.3 is 6.09 Å². The maximum Gasteiger partial charge on any atom is 0.415 e. The average Bonchev–Trinajstić information content (AvgIpc) is 2.52. The number of nitrogens with zero attached hydrogens (tertiary/aromatic N) is 1. The lowest BCUT2D eigenvalue weighted by Gasteiger charge is -2.19. The van der Waals surface area contributed by atoms with Crippen LogP contribution in [0, 0.1) is 0 Å². The van der Waals surface area contributed by atoms with Gasteiger partial charge in [-0.2, -0.15) is 0 Å². The Kier molecular flexibility index (Phi) is 4.89. The van der Waals surface area contributed by atoms with Crippen molar-refractivity contribution in [3.8, 4) is 0 Å². The maximum atomic E-state index is 12.0. The molecule has 2 aromatic carbocycles. The second-order valence-electron chi connectivity index (χ2n) is 4.11. The van der Waals surface area contributed by atoms with E-state index in [4.69, 9.17) is 4.74 Å². The Labute approximate surface area is 117 Å². The Bertz CT molecular complexity index is 554. The van der Waals surface area contributed by atoms with Crippen LogP contribution in [0.1, 0.15) is 5.56 Å². The molecule has 0 unspecified atom stereocenters. The summed E-state index contributed by atoms with van der Waals surface area (Å²) in [6.07, 6.45) is 1.15. The SMILES string of the molecule is O=[C]CN(C(=O)OCc1ccccc1)c1ccccc1. The quantitative estimate of drug-likeness (QED) is 0.837. The van der Waals surface area contributed by atoms with Crippen LogP contribution in [-0.2, 0) is 16.1 Å². The van der Waals surface area contributed by atoms with Crippen LogP contribution in [0.25, 0.3) is 0 Å². The summed E-state index contributed by atoms with van der Waals surface area (Å²) >= 11 is 0. The highest BCUT2D eigenvalue weighted by atomic mass is 16.6. The third-order valence-corrected chi connectivity index (χ3v) is 2.72. The summed E-state index contributed by atoms with van der Waals surface area (Å²) in [5.74, 6) is 0. The topological polar surface area (TPSA) is 46.6 Å². The van der Waals surface area contributed by atoms with Gasteiger partial charge in [0.1, 0.15) is 6.61 Å². The van der Waals surface area contributed by atoms with Crippen molar-refractivity contribution >= 4 is 18.1 Å². The zero-order chi connectivity index (χ0) is 14.2. The van der Waals surface area contributed by atoms with Crippen LogP contribution in [0.2, 0.25) is 0 Å². The molecular weight excluding hydrogens is 254 g/mol. The Morgan fingerprint density at radius 3 is 2.20 bits per heavy atom. The van der Waals surface area contributed by atoms with Gasteiger partial charge in [-0.15, -0.1) is 0 Å². The molecule has 0 saturated heterocycles. The number of hydrogen-bond donors (Lipinski definition) is 0. The number of benzene rings is 2. The van der Waals surface area contributed by atoms with Crippen molar-refractivity contribution in [1.82, 2.24) is 0 Å². The first-order valence-electron chi connectivity index (χ1n) is 6.19. The molecular formula is C16H14NO3. The van der Waals surface area contributed by atoms with E-state index in [2.05, 4.69) is 0 Å². The minimum absolute atomic E-state index is 0.155. The van der Waals surface area contributed by atoms with Crippen LogP contribution >= 0.6 is 0 Å². The third-order valence-electron chi connectivity index (χ3n) is 2.72. The van der Waals surface area contributed by atoms with E-state index in [1.807, 2.05) is 36.4 Å². The van der Waals surface area contributed by atoms with Crippen LogP contribution in [0.3, 0.4) is 0 Å². The van der Waals surface area contributed by atoms with E-state index < -0.39 is 6.09 Å². The number of hydrogen-bond acceptors (Lipinski definition) is 3. The normalized spacial score (nSPS) is 9.80. The van der Waals surface area contributed by atoms with Crippen LogP contribution in [0.4, 0.5) is 10.5 Å². The van der Waals surface area contributed by atoms with Gasteiger partial charge in [0.05, 0.1) is 6.54 Å². The number of carbonyl (C=O) groups is 1. The van der Waals surface area contributed by atoms with E-state index >= 15 is 0 Å². The zero-order valence-corrected chi connectivity index (χ0v) is 10.9. The van der Waals surface area contributed by atoms with Gasteiger partial charge in [-0.3, -0.25) is 9.69 Å². The number of carbonyl (C=O) groups excluding carboxylic acids is 2. The molecule has 2 rings (SSSR count). The molecule has 1 radical (unpaired) electrons. The van der Waals surface area contributed by atoms with Crippen molar-refractivity contribution in [2.45, 2.75) is 6.61 Å². The van der Waals surface area contributed by atoms with Gasteiger partial charge in [-0.1, -0.05) is 48.5 Å². The standard InChI is InChI=1S/C16H14NO3/c18-12-11-17(15-9-5-2-6-10-15)16(19)20-13-14-7-3-1-4-8-14/h1-10H,11,13H2. The summed E-state index contributed by atoms with van der Waals surface area (Å²) in [7, 11) is 0. The van der Waals surface area contributed by atoms with E-state index in [1.165, 1.54) is 4.90 Å². The number of anilines is 1. The van der Waals surface area contributed by atoms with E-state index in [-0.39, 0.29) is 13.2 Å². The van der Waals surface area contributed by atoms with E-state index in [9.17, 15) is 9.59 Å². The molecule has 2 aromatic rings. The van der Waals surface area contributed by atoms with Crippen LogP contribution in [-0.4, -0.2) is 18.9 Å². The number of rotatable bonds is 5. The molecule has 0 spiro atoms. The lowest BCUT2D eigenvalue weighted by molar-refractivity contribution is 0.148. The summed E-state index contributed by atoms with van der Waals surface area (Å²) in [6.45, 7) is 0.0134. The van der Waals surface area contributed by atoms with Crippen molar-refractivity contribution in [2.75, 3.05) is 11.4 Å². The molecule has 20 heavy (non-hydrogen) atoms. The van der Waals surface area contributed by atoms with Gasteiger partial charge in [0.15, 0.2) is 0 Å². The van der Waals surface area contributed by atoms with Gasteiger partial charge in [0, 0.05) is 5.69 Å². The number of para-hydroxylation sites is 1. The fraction of sp³-hybridized carbons (Fsp3) is 0.125. The molecule has 0 fully saturated rings. The van der Waals surface area contributed by atoms with Crippen LogP contribution in [0.5, 0.6) is 0 Å². The van der Waals surface area contributed by atoms with Crippen molar-refractivity contribution in [1.29, 1.82) is 0 Å². The Morgan fingerprint density at radius 2 is 1.60 bits per heavy atom. The summed E-state index contributed by atoms with van der Waals surface area (Å²) < 4.78 is 5.21. The van der Waals surface area contributed by atoms with E-state index in [1.54, 1.807) is 30.6 Å². The molecule has 4 heteroatoms. The highest BCUT2D eigenvalue weighted by Gasteiger charge is 2.16. The third kappa shape index (κ3) is 3.68.